The molecule has 0 radical (unpaired) electrons. The molecule has 2 rings (SSSR count). The molecule has 0 aliphatic carbocycles. The molecule has 138 valence electrons. The number of ether oxygens (including phenoxy) is 2. The number of esters is 1. The molecule has 1 aromatic carbocycles. The van der Waals surface area contributed by atoms with Crippen LogP contribution in [0.5, 0.6) is 11.6 Å². The molecular formula is C19H21BrN2O4. The lowest BCUT2D eigenvalue weighted by Crippen LogP contribution is -2.37. The third kappa shape index (κ3) is 5.05. The Morgan fingerprint density at radius 1 is 1.23 bits per heavy atom. The van der Waals surface area contributed by atoms with Crippen LogP contribution in [-0.2, 0) is 9.53 Å². The van der Waals surface area contributed by atoms with Gasteiger partial charge in [-0.15, -0.1) is 0 Å². The summed E-state index contributed by atoms with van der Waals surface area (Å²) < 4.78 is 11.4. The molecular weight excluding hydrogens is 400 g/mol. The van der Waals surface area contributed by atoms with Crippen molar-refractivity contribution in [2.24, 2.45) is 5.92 Å². The van der Waals surface area contributed by atoms with Crippen molar-refractivity contribution in [1.82, 2.24) is 9.88 Å². The number of nitrogens with zero attached hydrogens (tertiary/aromatic N) is 2. The molecule has 7 heteroatoms. The second kappa shape index (κ2) is 9.33. The zero-order valence-corrected chi connectivity index (χ0v) is 16.5. The maximum Gasteiger partial charge on any atom is 0.310 e. The molecule has 1 aromatic heterocycles. The number of benzene rings is 1. The molecule has 0 fully saturated rings. The maximum absolute atomic E-state index is 12.9. The minimum absolute atomic E-state index is 0.226. The number of amides is 1. The van der Waals surface area contributed by atoms with Crippen molar-refractivity contribution in [2.45, 2.75) is 13.8 Å². The predicted octanol–water partition coefficient (Wildman–Crippen LogP) is 3.91. The Bertz CT molecular complexity index is 764. The van der Waals surface area contributed by atoms with Crippen LogP contribution in [0.1, 0.15) is 24.2 Å². The molecule has 1 unspecified atom stereocenters. The fraction of sp³-hybridized carbons (Fsp3) is 0.316. The van der Waals surface area contributed by atoms with E-state index in [0.717, 1.165) is 4.47 Å². The van der Waals surface area contributed by atoms with Crippen molar-refractivity contribution in [3.63, 3.8) is 0 Å². The average molecular weight is 421 g/mol. The first-order valence-electron chi connectivity index (χ1n) is 8.21. The van der Waals surface area contributed by atoms with Crippen molar-refractivity contribution < 1.29 is 19.1 Å². The number of aromatic nitrogens is 1. The molecule has 1 heterocycles. The normalized spacial score (nSPS) is 11.5. The first-order valence-corrected chi connectivity index (χ1v) is 9.01. The summed E-state index contributed by atoms with van der Waals surface area (Å²) >= 11 is 3.37. The number of carbonyl (C=O) groups excluding carboxylic acids is 2. The van der Waals surface area contributed by atoms with Crippen molar-refractivity contribution in [3.05, 3.63) is 52.6 Å². The van der Waals surface area contributed by atoms with E-state index >= 15 is 0 Å². The van der Waals surface area contributed by atoms with E-state index in [1.807, 2.05) is 19.1 Å². The van der Waals surface area contributed by atoms with Gasteiger partial charge >= 0.3 is 5.97 Å². The number of rotatable bonds is 7. The van der Waals surface area contributed by atoms with Gasteiger partial charge in [0.1, 0.15) is 11.3 Å². The number of pyridine rings is 1. The summed E-state index contributed by atoms with van der Waals surface area (Å²) in [6.07, 6.45) is 1.57. The standard InChI is InChI=1S/C19H21BrN2O4/c1-4-22(12-13(2)19(24)25-3)18(23)16-6-5-11-21-17(16)26-15-9-7-14(20)8-10-15/h5-11,13H,4,12H2,1-3H3. The van der Waals surface area contributed by atoms with E-state index in [4.69, 9.17) is 9.47 Å². The van der Waals surface area contributed by atoms with Gasteiger partial charge in [0, 0.05) is 23.8 Å². The first kappa shape index (κ1) is 19.9. The molecule has 0 aliphatic rings. The smallest absolute Gasteiger partial charge is 0.310 e. The molecule has 0 N–H and O–H groups in total. The lowest BCUT2D eigenvalue weighted by atomic mass is 10.1. The van der Waals surface area contributed by atoms with E-state index in [1.165, 1.54) is 7.11 Å². The highest BCUT2D eigenvalue weighted by molar-refractivity contribution is 9.10. The Labute approximate surface area is 161 Å². The van der Waals surface area contributed by atoms with Crippen molar-refractivity contribution >= 4 is 27.8 Å². The molecule has 6 nitrogen and oxygen atoms in total. The van der Waals surface area contributed by atoms with E-state index in [1.54, 1.807) is 42.3 Å². The monoisotopic (exact) mass is 420 g/mol. The van der Waals surface area contributed by atoms with Crippen LogP contribution in [0, 0.1) is 5.92 Å². The Morgan fingerprint density at radius 2 is 1.92 bits per heavy atom. The van der Waals surface area contributed by atoms with Crippen LogP contribution in [0.2, 0.25) is 0 Å². The Hall–Kier alpha value is -2.41. The molecule has 0 aliphatic heterocycles. The third-order valence-corrected chi connectivity index (χ3v) is 4.33. The van der Waals surface area contributed by atoms with Gasteiger partial charge < -0.3 is 14.4 Å². The third-order valence-electron chi connectivity index (χ3n) is 3.80. The number of hydrogen-bond donors (Lipinski definition) is 0. The Kier molecular flexibility index (Phi) is 7.15. The number of halogens is 1. The van der Waals surface area contributed by atoms with Crippen LogP contribution >= 0.6 is 15.9 Å². The van der Waals surface area contributed by atoms with E-state index in [-0.39, 0.29) is 24.3 Å². The lowest BCUT2D eigenvalue weighted by molar-refractivity contribution is -0.145. The maximum atomic E-state index is 12.9. The van der Waals surface area contributed by atoms with Crippen molar-refractivity contribution in [2.75, 3.05) is 20.2 Å². The van der Waals surface area contributed by atoms with Gasteiger partial charge in [-0.2, -0.15) is 0 Å². The van der Waals surface area contributed by atoms with Crippen LogP contribution in [0.25, 0.3) is 0 Å². The van der Waals surface area contributed by atoms with Crippen LogP contribution in [0.3, 0.4) is 0 Å². The molecule has 0 spiro atoms. The summed E-state index contributed by atoms with van der Waals surface area (Å²) in [5, 5.41) is 0. The van der Waals surface area contributed by atoms with Crippen LogP contribution in [-0.4, -0.2) is 42.0 Å². The zero-order valence-electron chi connectivity index (χ0n) is 14.9. The summed E-state index contributed by atoms with van der Waals surface area (Å²) in [5.41, 5.74) is 0.342. The van der Waals surface area contributed by atoms with Crippen molar-refractivity contribution in [1.29, 1.82) is 0 Å². The zero-order chi connectivity index (χ0) is 19.1. The number of carbonyl (C=O) groups is 2. The van der Waals surface area contributed by atoms with Gasteiger partial charge in [-0.25, -0.2) is 4.98 Å². The second-order valence-corrected chi connectivity index (χ2v) is 6.60. The van der Waals surface area contributed by atoms with Gasteiger partial charge in [-0.1, -0.05) is 22.9 Å². The highest BCUT2D eigenvalue weighted by Crippen LogP contribution is 2.25. The highest BCUT2D eigenvalue weighted by Gasteiger charge is 2.24. The summed E-state index contributed by atoms with van der Waals surface area (Å²) in [6.45, 7) is 4.29. The molecule has 2 aromatic rings. The van der Waals surface area contributed by atoms with Gasteiger partial charge in [-0.3, -0.25) is 9.59 Å². The largest absolute Gasteiger partial charge is 0.469 e. The molecule has 26 heavy (non-hydrogen) atoms. The topological polar surface area (TPSA) is 68.7 Å². The van der Waals surface area contributed by atoms with Crippen molar-refractivity contribution in [3.8, 4) is 11.6 Å². The van der Waals surface area contributed by atoms with E-state index in [0.29, 0.717) is 17.9 Å². The minimum Gasteiger partial charge on any atom is -0.469 e. The lowest BCUT2D eigenvalue weighted by Gasteiger charge is -2.24. The predicted molar refractivity (Wildman–Crippen MR) is 101 cm³/mol. The number of hydrogen-bond acceptors (Lipinski definition) is 5. The molecule has 0 saturated heterocycles. The van der Waals surface area contributed by atoms with Gasteiger partial charge in [0.25, 0.3) is 5.91 Å². The Morgan fingerprint density at radius 3 is 2.54 bits per heavy atom. The van der Waals surface area contributed by atoms with Gasteiger partial charge in [-0.05, 0) is 43.3 Å². The van der Waals surface area contributed by atoms with Crippen LogP contribution < -0.4 is 4.74 Å². The van der Waals surface area contributed by atoms with Crippen LogP contribution in [0.15, 0.2) is 47.1 Å². The highest BCUT2D eigenvalue weighted by atomic mass is 79.9. The molecule has 0 bridgehead atoms. The van der Waals surface area contributed by atoms with Gasteiger partial charge in [0.2, 0.25) is 5.88 Å². The number of methoxy groups -OCH3 is 1. The van der Waals surface area contributed by atoms with Crippen LogP contribution in [0.4, 0.5) is 0 Å². The quantitative estimate of drug-likeness (QED) is 0.635. The summed E-state index contributed by atoms with van der Waals surface area (Å²) in [5.74, 6) is -0.218. The summed E-state index contributed by atoms with van der Waals surface area (Å²) in [7, 11) is 1.34. The molecule has 0 saturated carbocycles. The second-order valence-electron chi connectivity index (χ2n) is 5.68. The average Bonchev–Trinajstić information content (AvgIpc) is 2.67. The minimum atomic E-state index is -0.420. The van der Waals surface area contributed by atoms with E-state index in [9.17, 15) is 9.59 Å². The first-order chi connectivity index (χ1) is 12.5. The van der Waals surface area contributed by atoms with Gasteiger partial charge in [0.15, 0.2) is 0 Å². The van der Waals surface area contributed by atoms with Gasteiger partial charge in [0.05, 0.1) is 13.0 Å². The fourth-order valence-electron chi connectivity index (χ4n) is 2.38. The van der Waals surface area contributed by atoms with E-state index < -0.39 is 5.92 Å². The molecule has 1 amide bonds. The summed E-state index contributed by atoms with van der Waals surface area (Å²) in [6, 6.07) is 10.6. The molecule has 1 atom stereocenters. The Balaban J connectivity index is 2.22. The summed E-state index contributed by atoms with van der Waals surface area (Å²) in [4.78, 5) is 30.4. The fourth-order valence-corrected chi connectivity index (χ4v) is 2.65. The SMILES string of the molecule is CCN(CC(C)C(=O)OC)C(=O)c1cccnc1Oc1ccc(Br)cc1. The van der Waals surface area contributed by atoms with E-state index in [2.05, 4.69) is 20.9 Å².